The first-order valence-electron chi connectivity index (χ1n) is 7.46. The van der Waals surface area contributed by atoms with Crippen LogP contribution in [0, 0.1) is 11.8 Å². The van der Waals surface area contributed by atoms with Crippen LogP contribution < -0.4 is 5.73 Å². The van der Waals surface area contributed by atoms with Gasteiger partial charge in [-0.05, 0) is 56.7 Å². The van der Waals surface area contributed by atoms with Crippen LogP contribution in [0.4, 0.5) is 0 Å². The van der Waals surface area contributed by atoms with E-state index in [9.17, 15) is 0 Å². The van der Waals surface area contributed by atoms with E-state index >= 15 is 0 Å². The van der Waals surface area contributed by atoms with Gasteiger partial charge in [0.25, 0.3) is 0 Å². The molecule has 1 aliphatic rings. The fraction of sp³-hybridized carbons (Fsp3) is 1.00. The van der Waals surface area contributed by atoms with Crippen LogP contribution >= 0.6 is 11.8 Å². The van der Waals surface area contributed by atoms with Gasteiger partial charge in [-0.25, -0.2) is 0 Å². The lowest BCUT2D eigenvalue weighted by Gasteiger charge is -2.47. The van der Waals surface area contributed by atoms with Gasteiger partial charge < -0.3 is 5.73 Å². The molecule has 2 unspecified atom stereocenters. The van der Waals surface area contributed by atoms with Gasteiger partial charge in [0.15, 0.2) is 0 Å². The summed E-state index contributed by atoms with van der Waals surface area (Å²) >= 11 is 1.94. The van der Waals surface area contributed by atoms with E-state index in [1.54, 1.807) is 0 Å². The Morgan fingerprint density at radius 3 is 2.72 bits per heavy atom. The Balaban J connectivity index is 2.59. The van der Waals surface area contributed by atoms with Gasteiger partial charge in [0.1, 0.15) is 0 Å². The third-order valence-electron chi connectivity index (χ3n) is 4.83. The summed E-state index contributed by atoms with van der Waals surface area (Å²) < 4.78 is 0. The summed E-state index contributed by atoms with van der Waals surface area (Å²) in [6.07, 6.45) is 8.82. The molecule has 0 radical (unpaired) electrons. The van der Waals surface area contributed by atoms with Crippen LogP contribution in [0.1, 0.15) is 46.0 Å². The van der Waals surface area contributed by atoms with Crippen molar-refractivity contribution in [3.05, 3.63) is 0 Å². The van der Waals surface area contributed by atoms with Gasteiger partial charge in [-0.15, -0.1) is 0 Å². The van der Waals surface area contributed by atoms with Crippen molar-refractivity contribution in [2.24, 2.45) is 17.6 Å². The number of likely N-dealkylation sites (N-methyl/N-ethyl adjacent to an activating group) is 1. The van der Waals surface area contributed by atoms with Crippen molar-refractivity contribution in [1.82, 2.24) is 4.90 Å². The summed E-state index contributed by atoms with van der Waals surface area (Å²) in [6.45, 7) is 6.75. The van der Waals surface area contributed by atoms with Crippen LogP contribution in [0.3, 0.4) is 0 Å². The monoisotopic (exact) mass is 272 g/mol. The number of nitrogens with two attached hydrogens (primary N) is 1. The Hall–Kier alpha value is 0.270. The first-order chi connectivity index (χ1) is 8.55. The van der Waals surface area contributed by atoms with Crippen molar-refractivity contribution in [3.8, 4) is 0 Å². The SMILES string of the molecule is CSCCCN(C)C1(CN)CCCC(C(C)C)C1. The molecule has 2 atom stereocenters. The number of nitrogens with zero attached hydrogens (tertiary/aromatic N) is 1. The van der Waals surface area contributed by atoms with E-state index in [1.165, 1.54) is 44.4 Å². The smallest absolute Gasteiger partial charge is 0.0331 e. The Morgan fingerprint density at radius 1 is 1.44 bits per heavy atom. The molecular weight excluding hydrogens is 240 g/mol. The molecule has 1 fully saturated rings. The average Bonchev–Trinajstić information content (AvgIpc) is 2.38. The third kappa shape index (κ3) is 4.14. The topological polar surface area (TPSA) is 29.3 Å². The molecule has 0 saturated heterocycles. The zero-order valence-electron chi connectivity index (χ0n) is 12.7. The highest BCUT2D eigenvalue weighted by molar-refractivity contribution is 7.98. The van der Waals surface area contributed by atoms with E-state index in [4.69, 9.17) is 5.73 Å². The standard InChI is InChI=1S/C15H32N2S/c1-13(2)14-7-5-8-15(11-14,12-16)17(3)9-6-10-18-4/h13-14H,5-12,16H2,1-4H3. The highest BCUT2D eigenvalue weighted by Crippen LogP contribution is 2.39. The second kappa shape index (κ2) is 7.76. The van der Waals surface area contributed by atoms with E-state index in [1.807, 2.05) is 11.8 Å². The Kier molecular flexibility index (Phi) is 7.04. The molecule has 2 nitrogen and oxygen atoms in total. The van der Waals surface area contributed by atoms with Crippen LogP contribution in [-0.2, 0) is 0 Å². The maximum Gasteiger partial charge on any atom is 0.0331 e. The zero-order chi connectivity index (χ0) is 13.6. The van der Waals surface area contributed by atoms with Crippen LogP contribution in [0.5, 0.6) is 0 Å². The van der Waals surface area contributed by atoms with Gasteiger partial charge >= 0.3 is 0 Å². The minimum Gasteiger partial charge on any atom is -0.329 e. The molecular formula is C15H32N2S. The summed E-state index contributed by atoms with van der Waals surface area (Å²) in [4.78, 5) is 2.57. The first-order valence-corrected chi connectivity index (χ1v) is 8.85. The second-order valence-electron chi connectivity index (χ2n) is 6.30. The van der Waals surface area contributed by atoms with Gasteiger partial charge in [0.2, 0.25) is 0 Å². The highest BCUT2D eigenvalue weighted by Gasteiger charge is 2.38. The van der Waals surface area contributed by atoms with E-state index in [2.05, 4.69) is 32.1 Å². The molecule has 0 bridgehead atoms. The molecule has 0 aromatic heterocycles. The van der Waals surface area contributed by atoms with Crippen LogP contribution in [-0.4, -0.2) is 42.6 Å². The summed E-state index contributed by atoms with van der Waals surface area (Å²) in [7, 11) is 2.29. The van der Waals surface area contributed by atoms with Crippen LogP contribution in [0.25, 0.3) is 0 Å². The molecule has 108 valence electrons. The molecule has 0 heterocycles. The quantitative estimate of drug-likeness (QED) is 0.722. The fourth-order valence-corrected chi connectivity index (χ4v) is 3.74. The lowest BCUT2D eigenvalue weighted by molar-refractivity contribution is 0.0455. The average molecular weight is 273 g/mol. The van der Waals surface area contributed by atoms with E-state index in [0.29, 0.717) is 0 Å². The molecule has 0 aromatic rings. The molecule has 3 heteroatoms. The Morgan fingerprint density at radius 2 is 2.17 bits per heavy atom. The Bertz CT molecular complexity index is 233. The van der Waals surface area contributed by atoms with Crippen molar-refractivity contribution in [1.29, 1.82) is 0 Å². The number of thioether (sulfide) groups is 1. The lowest BCUT2D eigenvalue weighted by Crippen LogP contribution is -2.55. The summed E-state index contributed by atoms with van der Waals surface area (Å²) in [6, 6.07) is 0. The largest absolute Gasteiger partial charge is 0.329 e. The third-order valence-corrected chi connectivity index (χ3v) is 5.53. The van der Waals surface area contributed by atoms with Crippen molar-refractivity contribution in [2.75, 3.05) is 32.1 Å². The summed E-state index contributed by atoms with van der Waals surface area (Å²) in [5.74, 6) is 2.93. The summed E-state index contributed by atoms with van der Waals surface area (Å²) in [5.41, 5.74) is 6.44. The molecule has 18 heavy (non-hydrogen) atoms. The predicted octanol–water partition coefficient (Wildman–Crippen LogP) is 3.22. The minimum absolute atomic E-state index is 0.283. The van der Waals surface area contributed by atoms with E-state index in [-0.39, 0.29) is 5.54 Å². The molecule has 0 spiro atoms. The van der Waals surface area contributed by atoms with Gasteiger partial charge in [0.05, 0.1) is 0 Å². The normalized spacial score (nSPS) is 29.2. The molecule has 2 N–H and O–H groups in total. The van der Waals surface area contributed by atoms with Crippen LogP contribution in [0.15, 0.2) is 0 Å². The summed E-state index contributed by atoms with van der Waals surface area (Å²) in [5, 5.41) is 0. The lowest BCUT2D eigenvalue weighted by atomic mass is 9.71. The predicted molar refractivity (Wildman–Crippen MR) is 84.2 cm³/mol. The maximum absolute atomic E-state index is 6.16. The second-order valence-corrected chi connectivity index (χ2v) is 7.28. The number of rotatable bonds is 7. The number of hydrogen-bond acceptors (Lipinski definition) is 3. The molecule has 0 aromatic carbocycles. The first kappa shape index (κ1) is 16.3. The van der Waals surface area contributed by atoms with Crippen molar-refractivity contribution in [2.45, 2.75) is 51.5 Å². The fourth-order valence-electron chi connectivity index (χ4n) is 3.33. The van der Waals surface area contributed by atoms with Crippen LogP contribution in [0.2, 0.25) is 0 Å². The van der Waals surface area contributed by atoms with Gasteiger partial charge in [-0.3, -0.25) is 4.90 Å². The van der Waals surface area contributed by atoms with E-state index < -0.39 is 0 Å². The van der Waals surface area contributed by atoms with Crippen molar-refractivity contribution < 1.29 is 0 Å². The Labute approximate surface area is 118 Å². The molecule has 1 rings (SSSR count). The highest BCUT2D eigenvalue weighted by atomic mass is 32.2. The molecule has 1 aliphatic carbocycles. The minimum atomic E-state index is 0.283. The molecule has 0 amide bonds. The number of hydrogen-bond donors (Lipinski definition) is 1. The van der Waals surface area contributed by atoms with Crippen molar-refractivity contribution >= 4 is 11.8 Å². The van der Waals surface area contributed by atoms with Gasteiger partial charge in [-0.2, -0.15) is 11.8 Å². The van der Waals surface area contributed by atoms with Crippen molar-refractivity contribution in [3.63, 3.8) is 0 Å². The molecule has 1 saturated carbocycles. The van der Waals surface area contributed by atoms with E-state index in [0.717, 1.165) is 18.4 Å². The van der Waals surface area contributed by atoms with Gasteiger partial charge in [0, 0.05) is 12.1 Å². The zero-order valence-corrected chi connectivity index (χ0v) is 13.6. The molecule has 0 aliphatic heterocycles. The maximum atomic E-state index is 6.16. The van der Waals surface area contributed by atoms with Gasteiger partial charge in [-0.1, -0.05) is 26.7 Å².